The molecule has 0 aliphatic carbocycles. The molecule has 0 saturated carbocycles. The van der Waals surface area contributed by atoms with Crippen LogP contribution in [-0.2, 0) is 19.4 Å². The zero-order chi connectivity index (χ0) is 15.2. The van der Waals surface area contributed by atoms with Crippen molar-refractivity contribution in [2.45, 2.75) is 19.8 Å². The highest BCUT2D eigenvalue weighted by Gasteiger charge is 2.08. The Morgan fingerprint density at radius 2 is 1.80 bits per heavy atom. The van der Waals surface area contributed by atoms with E-state index >= 15 is 0 Å². The SMILES string of the molecule is CC(=O)Nc1ccc(OC(=O)CCCS(C)(=O)=O)cc1. The van der Waals surface area contributed by atoms with Crippen LogP contribution in [-0.4, -0.2) is 32.3 Å². The molecule has 1 amide bonds. The van der Waals surface area contributed by atoms with Crippen LogP contribution in [0.2, 0.25) is 0 Å². The number of hydrogen-bond donors (Lipinski definition) is 1. The Balaban J connectivity index is 2.44. The zero-order valence-electron chi connectivity index (χ0n) is 11.4. The highest BCUT2D eigenvalue weighted by molar-refractivity contribution is 7.90. The zero-order valence-corrected chi connectivity index (χ0v) is 12.2. The van der Waals surface area contributed by atoms with Gasteiger partial charge in [0.1, 0.15) is 15.6 Å². The average Bonchev–Trinajstić information content (AvgIpc) is 2.29. The monoisotopic (exact) mass is 299 g/mol. The molecular formula is C13H17NO5S. The highest BCUT2D eigenvalue weighted by atomic mass is 32.2. The van der Waals surface area contributed by atoms with Gasteiger partial charge in [0.2, 0.25) is 5.91 Å². The maximum atomic E-state index is 11.5. The first-order valence-electron chi connectivity index (χ1n) is 6.02. The molecule has 0 spiro atoms. The number of amides is 1. The van der Waals surface area contributed by atoms with Gasteiger partial charge in [0.05, 0.1) is 5.75 Å². The molecule has 7 heteroatoms. The van der Waals surface area contributed by atoms with Crippen LogP contribution in [0.15, 0.2) is 24.3 Å². The smallest absolute Gasteiger partial charge is 0.311 e. The number of carbonyl (C=O) groups is 2. The first-order valence-corrected chi connectivity index (χ1v) is 8.08. The maximum Gasteiger partial charge on any atom is 0.311 e. The number of sulfone groups is 1. The van der Waals surface area contributed by atoms with Gasteiger partial charge in [-0.15, -0.1) is 0 Å². The second kappa shape index (κ2) is 7.04. The van der Waals surface area contributed by atoms with E-state index in [2.05, 4.69) is 5.32 Å². The van der Waals surface area contributed by atoms with Crippen molar-refractivity contribution in [1.82, 2.24) is 0 Å². The summed E-state index contributed by atoms with van der Waals surface area (Å²) in [5.41, 5.74) is 0.606. The van der Waals surface area contributed by atoms with Crippen LogP contribution < -0.4 is 10.1 Å². The predicted molar refractivity (Wildman–Crippen MR) is 75.3 cm³/mol. The van der Waals surface area contributed by atoms with Crippen molar-refractivity contribution in [3.8, 4) is 5.75 Å². The first kappa shape index (κ1) is 16.2. The molecule has 1 aromatic carbocycles. The Kier molecular flexibility index (Phi) is 5.69. The molecular weight excluding hydrogens is 282 g/mol. The molecule has 0 aliphatic rings. The molecule has 0 bridgehead atoms. The van der Waals surface area contributed by atoms with E-state index in [-0.39, 0.29) is 24.5 Å². The van der Waals surface area contributed by atoms with Gasteiger partial charge in [-0.25, -0.2) is 8.42 Å². The molecule has 0 unspecified atom stereocenters. The molecule has 20 heavy (non-hydrogen) atoms. The van der Waals surface area contributed by atoms with Gasteiger partial charge in [-0.3, -0.25) is 9.59 Å². The Morgan fingerprint density at radius 3 is 2.30 bits per heavy atom. The minimum atomic E-state index is -3.06. The number of esters is 1. The van der Waals surface area contributed by atoms with Gasteiger partial charge in [-0.05, 0) is 30.7 Å². The molecule has 0 saturated heterocycles. The Hall–Kier alpha value is -1.89. The van der Waals surface area contributed by atoms with Crippen LogP contribution in [0.3, 0.4) is 0 Å². The summed E-state index contributed by atoms with van der Waals surface area (Å²) in [5, 5.41) is 2.59. The predicted octanol–water partition coefficient (Wildman–Crippen LogP) is 1.38. The van der Waals surface area contributed by atoms with Crippen LogP contribution in [0.5, 0.6) is 5.75 Å². The van der Waals surface area contributed by atoms with Crippen molar-refractivity contribution >= 4 is 27.4 Å². The van der Waals surface area contributed by atoms with Crippen molar-refractivity contribution < 1.29 is 22.7 Å². The summed E-state index contributed by atoms with van der Waals surface area (Å²) in [5.74, 6) is -0.358. The second-order valence-corrected chi connectivity index (χ2v) is 6.67. The minimum absolute atomic E-state index is 0.0381. The quantitative estimate of drug-likeness (QED) is 0.633. The van der Waals surface area contributed by atoms with E-state index in [9.17, 15) is 18.0 Å². The third kappa shape index (κ3) is 6.89. The number of benzene rings is 1. The van der Waals surface area contributed by atoms with Gasteiger partial charge in [0.25, 0.3) is 0 Å². The number of carbonyl (C=O) groups excluding carboxylic acids is 2. The lowest BCUT2D eigenvalue weighted by Crippen LogP contribution is -2.11. The molecule has 0 fully saturated rings. The van der Waals surface area contributed by atoms with E-state index in [1.54, 1.807) is 24.3 Å². The van der Waals surface area contributed by atoms with E-state index in [4.69, 9.17) is 4.74 Å². The minimum Gasteiger partial charge on any atom is -0.427 e. The van der Waals surface area contributed by atoms with Crippen LogP contribution in [0.25, 0.3) is 0 Å². The van der Waals surface area contributed by atoms with E-state index in [0.717, 1.165) is 6.26 Å². The second-order valence-electron chi connectivity index (χ2n) is 4.41. The van der Waals surface area contributed by atoms with Crippen LogP contribution in [0.1, 0.15) is 19.8 Å². The summed E-state index contributed by atoms with van der Waals surface area (Å²) < 4.78 is 26.9. The van der Waals surface area contributed by atoms with Crippen LogP contribution in [0.4, 0.5) is 5.69 Å². The van der Waals surface area contributed by atoms with Crippen molar-refractivity contribution in [1.29, 1.82) is 0 Å². The van der Waals surface area contributed by atoms with E-state index in [1.165, 1.54) is 6.92 Å². The van der Waals surface area contributed by atoms with Crippen molar-refractivity contribution in [2.24, 2.45) is 0 Å². The summed E-state index contributed by atoms with van der Waals surface area (Å²) in [6.07, 6.45) is 1.40. The fourth-order valence-electron chi connectivity index (χ4n) is 1.47. The molecule has 6 nitrogen and oxygen atoms in total. The molecule has 0 atom stereocenters. The van der Waals surface area contributed by atoms with Gasteiger partial charge in [-0.2, -0.15) is 0 Å². The molecule has 1 aromatic rings. The normalized spacial score (nSPS) is 10.9. The average molecular weight is 299 g/mol. The van der Waals surface area contributed by atoms with Crippen molar-refractivity contribution in [3.05, 3.63) is 24.3 Å². The number of rotatable bonds is 6. The number of ether oxygens (including phenoxy) is 1. The van der Waals surface area contributed by atoms with E-state index in [1.807, 2.05) is 0 Å². The largest absolute Gasteiger partial charge is 0.427 e. The standard InChI is InChI=1S/C13H17NO5S/c1-10(15)14-11-5-7-12(8-6-11)19-13(16)4-3-9-20(2,17)18/h5-8H,3-4,9H2,1-2H3,(H,14,15). The summed E-state index contributed by atoms with van der Waals surface area (Å²) in [4.78, 5) is 22.3. The topological polar surface area (TPSA) is 89.5 Å². The molecule has 1 rings (SSSR count). The van der Waals surface area contributed by atoms with Gasteiger partial charge >= 0.3 is 5.97 Å². The lowest BCUT2D eigenvalue weighted by atomic mass is 10.3. The van der Waals surface area contributed by atoms with Crippen LogP contribution >= 0.6 is 0 Å². The van der Waals surface area contributed by atoms with Gasteiger partial charge < -0.3 is 10.1 Å². The molecule has 110 valence electrons. The Morgan fingerprint density at radius 1 is 1.20 bits per heavy atom. The fraction of sp³-hybridized carbons (Fsp3) is 0.385. The lowest BCUT2D eigenvalue weighted by Gasteiger charge is -2.06. The summed E-state index contributed by atoms with van der Waals surface area (Å²) >= 11 is 0. The lowest BCUT2D eigenvalue weighted by molar-refractivity contribution is -0.134. The third-order valence-corrected chi connectivity index (χ3v) is 3.33. The van der Waals surface area contributed by atoms with Crippen molar-refractivity contribution in [2.75, 3.05) is 17.3 Å². The van der Waals surface area contributed by atoms with E-state index in [0.29, 0.717) is 11.4 Å². The number of hydrogen-bond acceptors (Lipinski definition) is 5. The number of anilines is 1. The van der Waals surface area contributed by atoms with Crippen LogP contribution in [0, 0.1) is 0 Å². The maximum absolute atomic E-state index is 11.5. The van der Waals surface area contributed by atoms with E-state index < -0.39 is 15.8 Å². The Bertz CT molecular complexity index is 577. The molecule has 1 N–H and O–H groups in total. The summed E-state index contributed by atoms with van der Waals surface area (Å²) in [6, 6.07) is 6.33. The van der Waals surface area contributed by atoms with Gasteiger partial charge in [-0.1, -0.05) is 0 Å². The third-order valence-electron chi connectivity index (χ3n) is 2.30. The molecule has 0 aromatic heterocycles. The number of nitrogens with one attached hydrogen (secondary N) is 1. The first-order chi connectivity index (χ1) is 9.26. The summed E-state index contributed by atoms with van der Waals surface area (Å²) in [7, 11) is -3.06. The van der Waals surface area contributed by atoms with Gasteiger partial charge in [0.15, 0.2) is 0 Å². The molecule has 0 heterocycles. The fourth-order valence-corrected chi connectivity index (χ4v) is 2.14. The Labute approximate surface area is 118 Å². The van der Waals surface area contributed by atoms with Gasteiger partial charge in [0, 0.05) is 25.3 Å². The summed E-state index contributed by atoms with van der Waals surface area (Å²) in [6.45, 7) is 1.40. The van der Waals surface area contributed by atoms with Crippen molar-refractivity contribution in [3.63, 3.8) is 0 Å². The molecule has 0 aliphatic heterocycles. The molecule has 0 radical (unpaired) electrons. The highest BCUT2D eigenvalue weighted by Crippen LogP contribution is 2.16.